The van der Waals surface area contributed by atoms with Gasteiger partial charge in [0, 0.05) is 12.1 Å². The summed E-state index contributed by atoms with van der Waals surface area (Å²) in [5, 5.41) is 3.20. The maximum absolute atomic E-state index is 11.6. The lowest BCUT2D eigenvalue weighted by Crippen LogP contribution is -2.35. The quantitative estimate of drug-likeness (QED) is 0.808. The largest absolute Gasteiger partial charge is 0.497 e. The van der Waals surface area contributed by atoms with E-state index in [1.807, 2.05) is 0 Å². The zero-order valence-corrected chi connectivity index (χ0v) is 11.2. The van der Waals surface area contributed by atoms with Crippen molar-refractivity contribution < 1.29 is 13.2 Å². The van der Waals surface area contributed by atoms with Crippen LogP contribution in [0.2, 0.25) is 0 Å². The second-order valence-electron chi connectivity index (χ2n) is 4.55. The molecule has 0 bridgehead atoms. The minimum absolute atomic E-state index is 0.0712. The minimum Gasteiger partial charge on any atom is -0.497 e. The van der Waals surface area contributed by atoms with Crippen LogP contribution in [0.25, 0.3) is 0 Å². The summed E-state index contributed by atoms with van der Waals surface area (Å²) in [7, 11) is -1.33. The van der Waals surface area contributed by atoms with E-state index in [0.29, 0.717) is 23.6 Å². The molecule has 0 spiro atoms. The molecule has 1 heterocycles. The molecule has 5 nitrogen and oxygen atoms in total. The zero-order valence-electron chi connectivity index (χ0n) is 10.3. The summed E-state index contributed by atoms with van der Waals surface area (Å²) in [5.41, 5.74) is 7.19. The summed E-state index contributed by atoms with van der Waals surface area (Å²) in [4.78, 5) is 0. The topological polar surface area (TPSA) is 81.4 Å². The SMILES string of the molecule is COc1ccc(N)c(NC2CCCS(=O)(=O)C2)c1. The van der Waals surface area contributed by atoms with Crippen LogP contribution in [0, 0.1) is 0 Å². The van der Waals surface area contributed by atoms with Gasteiger partial charge in [-0.15, -0.1) is 0 Å². The Kier molecular flexibility index (Phi) is 3.65. The molecule has 0 radical (unpaired) electrons. The molecule has 3 N–H and O–H groups in total. The molecule has 1 aliphatic heterocycles. The average Bonchev–Trinajstić information content (AvgIpc) is 2.31. The van der Waals surface area contributed by atoms with E-state index >= 15 is 0 Å². The van der Waals surface area contributed by atoms with Crippen molar-refractivity contribution in [2.24, 2.45) is 0 Å². The van der Waals surface area contributed by atoms with Crippen LogP contribution in [0.3, 0.4) is 0 Å². The summed E-state index contributed by atoms with van der Waals surface area (Å²) in [6.45, 7) is 0. The summed E-state index contributed by atoms with van der Waals surface area (Å²) in [6.07, 6.45) is 1.54. The maximum atomic E-state index is 11.6. The van der Waals surface area contributed by atoms with Crippen molar-refractivity contribution in [1.82, 2.24) is 0 Å². The van der Waals surface area contributed by atoms with Gasteiger partial charge in [-0.25, -0.2) is 8.42 Å². The van der Waals surface area contributed by atoms with Gasteiger partial charge in [0.15, 0.2) is 9.84 Å². The van der Waals surface area contributed by atoms with Crippen LogP contribution in [0.1, 0.15) is 12.8 Å². The molecule has 100 valence electrons. The number of nitrogens with one attached hydrogen (secondary N) is 1. The van der Waals surface area contributed by atoms with Gasteiger partial charge in [-0.2, -0.15) is 0 Å². The normalized spacial score (nSPS) is 22.4. The highest BCUT2D eigenvalue weighted by molar-refractivity contribution is 7.91. The van der Waals surface area contributed by atoms with Crippen LogP contribution < -0.4 is 15.8 Å². The molecule has 18 heavy (non-hydrogen) atoms. The van der Waals surface area contributed by atoms with Gasteiger partial charge in [-0.1, -0.05) is 0 Å². The number of benzene rings is 1. The van der Waals surface area contributed by atoms with Gasteiger partial charge in [0.1, 0.15) is 5.75 Å². The molecular formula is C12H18N2O3S. The van der Waals surface area contributed by atoms with E-state index in [1.165, 1.54) is 0 Å². The molecule has 0 saturated carbocycles. The highest BCUT2D eigenvalue weighted by Gasteiger charge is 2.24. The monoisotopic (exact) mass is 270 g/mol. The van der Waals surface area contributed by atoms with Crippen molar-refractivity contribution in [2.75, 3.05) is 29.7 Å². The fraction of sp³-hybridized carbons (Fsp3) is 0.500. The summed E-state index contributed by atoms with van der Waals surface area (Å²) < 4.78 is 28.3. The average molecular weight is 270 g/mol. The number of methoxy groups -OCH3 is 1. The molecule has 1 aromatic rings. The van der Waals surface area contributed by atoms with Crippen molar-refractivity contribution >= 4 is 21.2 Å². The lowest BCUT2D eigenvalue weighted by atomic mass is 10.1. The van der Waals surface area contributed by atoms with Crippen LogP contribution in [0.15, 0.2) is 18.2 Å². The highest BCUT2D eigenvalue weighted by Crippen LogP contribution is 2.26. The Labute approximate surface area is 107 Å². The van der Waals surface area contributed by atoms with Crippen molar-refractivity contribution in [1.29, 1.82) is 0 Å². The molecule has 6 heteroatoms. The van der Waals surface area contributed by atoms with Gasteiger partial charge in [-0.05, 0) is 25.0 Å². The van der Waals surface area contributed by atoms with Crippen LogP contribution in [0.5, 0.6) is 5.75 Å². The Morgan fingerprint density at radius 3 is 2.89 bits per heavy atom. The molecule has 0 aliphatic carbocycles. The van der Waals surface area contributed by atoms with E-state index in [-0.39, 0.29) is 11.8 Å². The van der Waals surface area contributed by atoms with Crippen molar-refractivity contribution in [2.45, 2.75) is 18.9 Å². The Hall–Kier alpha value is -1.43. The Morgan fingerprint density at radius 1 is 1.44 bits per heavy atom. The number of rotatable bonds is 3. The first kappa shape index (κ1) is 13.0. The lowest BCUT2D eigenvalue weighted by molar-refractivity contribution is 0.415. The van der Waals surface area contributed by atoms with Gasteiger partial charge in [-0.3, -0.25) is 0 Å². The second-order valence-corrected chi connectivity index (χ2v) is 6.78. The number of sulfone groups is 1. The van der Waals surface area contributed by atoms with Crippen LogP contribution in [-0.4, -0.2) is 33.1 Å². The van der Waals surface area contributed by atoms with Crippen molar-refractivity contribution in [3.05, 3.63) is 18.2 Å². The first-order valence-electron chi connectivity index (χ1n) is 5.90. The molecule has 0 aromatic heterocycles. The Morgan fingerprint density at radius 2 is 2.22 bits per heavy atom. The van der Waals surface area contributed by atoms with Gasteiger partial charge >= 0.3 is 0 Å². The van der Waals surface area contributed by atoms with Gasteiger partial charge < -0.3 is 15.8 Å². The van der Waals surface area contributed by atoms with Crippen molar-refractivity contribution in [3.63, 3.8) is 0 Å². The molecule has 0 amide bonds. The summed E-state index contributed by atoms with van der Waals surface area (Å²) in [6, 6.07) is 5.24. The summed E-state index contributed by atoms with van der Waals surface area (Å²) >= 11 is 0. The van der Waals surface area contributed by atoms with Gasteiger partial charge in [0.25, 0.3) is 0 Å². The first-order chi connectivity index (χ1) is 8.50. The molecule has 1 aliphatic rings. The smallest absolute Gasteiger partial charge is 0.152 e. The third-order valence-electron chi connectivity index (χ3n) is 3.08. The predicted molar refractivity (Wildman–Crippen MR) is 72.7 cm³/mol. The van der Waals surface area contributed by atoms with E-state index in [4.69, 9.17) is 10.5 Å². The highest BCUT2D eigenvalue weighted by atomic mass is 32.2. The van der Waals surface area contributed by atoms with Gasteiger partial charge in [0.05, 0.1) is 30.0 Å². The first-order valence-corrected chi connectivity index (χ1v) is 7.73. The maximum Gasteiger partial charge on any atom is 0.152 e. The zero-order chi connectivity index (χ0) is 13.2. The van der Waals surface area contributed by atoms with E-state index in [9.17, 15) is 8.42 Å². The van der Waals surface area contributed by atoms with E-state index in [0.717, 1.165) is 12.1 Å². The van der Waals surface area contributed by atoms with Crippen LogP contribution >= 0.6 is 0 Å². The molecule has 1 aromatic carbocycles. The third kappa shape index (κ3) is 3.07. The molecule has 2 rings (SSSR count). The molecule has 1 atom stereocenters. The van der Waals surface area contributed by atoms with Crippen molar-refractivity contribution in [3.8, 4) is 5.75 Å². The fourth-order valence-electron chi connectivity index (χ4n) is 2.14. The third-order valence-corrected chi connectivity index (χ3v) is 4.90. The van der Waals surface area contributed by atoms with Crippen LogP contribution in [-0.2, 0) is 9.84 Å². The number of nitrogen functional groups attached to an aromatic ring is 1. The van der Waals surface area contributed by atoms with E-state index < -0.39 is 9.84 Å². The van der Waals surface area contributed by atoms with E-state index in [2.05, 4.69) is 5.32 Å². The number of anilines is 2. The number of hydrogen-bond donors (Lipinski definition) is 2. The number of ether oxygens (including phenoxy) is 1. The lowest BCUT2D eigenvalue weighted by Gasteiger charge is -2.24. The standard InChI is InChI=1S/C12H18N2O3S/c1-17-10-4-5-11(13)12(7-10)14-9-3-2-6-18(15,16)8-9/h4-5,7,9,14H,2-3,6,8,13H2,1H3. The van der Waals surface area contributed by atoms with Gasteiger partial charge in [0.2, 0.25) is 0 Å². The second kappa shape index (κ2) is 5.06. The Balaban J connectivity index is 2.13. The predicted octanol–water partition coefficient (Wildman–Crippen LogP) is 1.27. The number of hydrogen-bond acceptors (Lipinski definition) is 5. The summed E-state index contributed by atoms with van der Waals surface area (Å²) in [5.74, 6) is 1.16. The molecule has 1 saturated heterocycles. The molecule has 1 fully saturated rings. The molecule has 1 unspecified atom stereocenters. The molecular weight excluding hydrogens is 252 g/mol. The fourth-order valence-corrected chi connectivity index (χ4v) is 3.78. The van der Waals surface area contributed by atoms with E-state index in [1.54, 1.807) is 25.3 Å². The van der Waals surface area contributed by atoms with Crippen LogP contribution in [0.4, 0.5) is 11.4 Å². The Bertz CT molecular complexity index is 528. The number of nitrogens with two attached hydrogens (primary N) is 1. The minimum atomic E-state index is -2.92.